The molecule has 0 aliphatic rings. The Hall–Kier alpha value is -2.45. The van der Waals surface area contributed by atoms with Gasteiger partial charge in [-0.1, -0.05) is 11.6 Å². The Labute approximate surface area is 155 Å². The molecule has 0 aliphatic carbocycles. The Morgan fingerprint density at radius 2 is 1.73 bits per heavy atom. The summed E-state index contributed by atoms with van der Waals surface area (Å²) in [6.07, 6.45) is 0. The summed E-state index contributed by atoms with van der Waals surface area (Å²) in [5, 5.41) is 3.62. The Morgan fingerprint density at radius 3 is 2.31 bits per heavy atom. The van der Waals surface area contributed by atoms with Crippen LogP contribution in [0.3, 0.4) is 0 Å². The average molecular weight is 399 g/mol. The van der Waals surface area contributed by atoms with Gasteiger partial charge >= 0.3 is 0 Å². The van der Waals surface area contributed by atoms with E-state index in [2.05, 4.69) is 10.6 Å². The first-order valence-corrected chi connectivity index (χ1v) is 9.41. The molecule has 0 spiro atoms. The lowest BCUT2D eigenvalue weighted by Gasteiger charge is -2.14. The smallest absolute Gasteiger partial charge is 0.252 e. The number of benzene rings is 2. The van der Waals surface area contributed by atoms with Crippen molar-refractivity contribution in [1.29, 1.82) is 0 Å². The highest BCUT2D eigenvalue weighted by atomic mass is 35.5. The second-order valence-electron chi connectivity index (χ2n) is 5.40. The van der Waals surface area contributed by atoms with E-state index in [1.807, 2.05) is 0 Å². The van der Waals surface area contributed by atoms with Gasteiger partial charge in [0.2, 0.25) is 5.91 Å². The summed E-state index contributed by atoms with van der Waals surface area (Å²) in [5.74, 6) is -1.82. The predicted molar refractivity (Wildman–Crippen MR) is 96.5 cm³/mol. The van der Waals surface area contributed by atoms with Crippen LogP contribution < -0.4 is 10.6 Å². The minimum atomic E-state index is -4.00. The molecule has 0 saturated carbocycles. The van der Waals surface area contributed by atoms with E-state index >= 15 is 0 Å². The minimum Gasteiger partial charge on any atom is -0.355 e. The fourth-order valence-electron chi connectivity index (χ4n) is 2.12. The number of anilines is 1. The Bertz CT molecular complexity index is 946. The van der Waals surface area contributed by atoms with E-state index in [4.69, 9.17) is 11.6 Å². The molecule has 9 heteroatoms. The van der Waals surface area contributed by atoms with Crippen molar-refractivity contribution in [3.05, 3.63) is 58.9 Å². The molecular formula is C17H16ClFN2O4S. The van der Waals surface area contributed by atoms with Crippen LogP contribution in [-0.4, -0.2) is 32.5 Å². The van der Waals surface area contributed by atoms with Crippen molar-refractivity contribution < 1.29 is 22.4 Å². The van der Waals surface area contributed by atoms with E-state index in [0.29, 0.717) is 0 Å². The summed E-state index contributed by atoms with van der Waals surface area (Å²) in [6, 6.07) is 8.42. The number of halogens is 2. The van der Waals surface area contributed by atoms with Crippen LogP contribution in [0.4, 0.5) is 10.1 Å². The third-order valence-corrected chi connectivity index (χ3v) is 6.09. The Balaban J connectivity index is 2.24. The van der Waals surface area contributed by atoms with Crippen molar-refractivity contribution in [2.45, 2.75) is 17.1 Å². The van der Waals surface area contributed by atoms with Crippen LogP contribution in [0, 0.1) is 5.82 Å². The molecule has 2 amide bonds. The van der Waals surface area contributed by atoms with E-state index in [9.17, 15) is 22.4 Å². The second-order valence-corrected chi connectivity index (χ2v) is 8.08. The number of sulfone groups is 1. The third kappa shape index (κ3) is 4.20. The van der Waals surface area contributed by atoms with Crippen LogP contribution in [0.25, 0.3) is 0 Å². The van der Waals surface area contributed by atoms with Crippen molar-refractivity contribution in [3.63, 3.8) is 0 Å². The maximum absolute atomic E-state index is 13.0. The quantitative estimate of drug-likeness (QED) is 0.757. The molecule has 2 N–H and O–H groups in total. The van der Waals surface area contributed by atoms with Gasteiger partial charge in [-0.3, -0.25) is 9.59 Å². The molecule has 2 rings (SSSR count). The summed E-state index contributed by atoms with van der Waals surface area (Å²) in [5.41, 5.74) is 0.361. The highest BCUT2D eigenvalue weighted by Crippen LogP contribution is 2.22. The summed E-state index contributed by atoms with van der Waals surface area (Å²) in [6.45, 7) is 1.23. The first-order chi connectivity index (χ1) is 12.2. The number of hydrogen-bond acceptors (Lipinski definition) is 4. The van der Waals surface area contributed by atoms with Gasteiger partial charge in [0.25, 0.3) is 5.91 Å². The zero-order valence-electron chi connectivity index (χ0n) is 13.9. The van der Waals surface area contributed by atoms with Gasteiger partial charge in [0.1, 0.15) is 11.1 Å². The molecule has 26 heavy (non-hydrogen) atoms. The lowest BCUT2D eigenvalue weighted by Crippen LogP contribution is -2.32. The van der Waals surface area contributed by atoms with Crippen LogP contribution in [-0.2, 0) is 14.6 Å². The molecule has 0 fully saturated rings. The van der Waals surface area contributed by atoms with E-state index in [1.165, 1.54) is 32.2 Å². The van der Waals surface area contributed by atoms with E-state index in [0.717, 1.165) is 24.3 Å². The van der Waals surface area contributed by atoms with Crippen LogP contribution in [0.2, 0.25) is 5.02 Å². The summed E-state index contributed by atoms with van der Waals surface area (Å²) >= 11 is 5.93. The third-order valence-electron chi connectivity index (χ3n) is 3.68. The minimum absolute atomic E-state index is 0.140. The van der Waals surface area contributed by atoms with Crippen molar-refractivity contribution in [3.8, 4) is 0 Å². The second kappa shape index (κ2) is 7.84. The van der Waals surface area contributed by atoms with Crippen molar-refractivity contribution in [1.82, 2.24) is 5.32 Å². The molecule has 0 bridgehead atoms. The molecule has 0 radical (unpaired) electrons. The average Bonchev–Trinajstić information content (AvgIpc) is 2.62. The number of carbonyl (C=O) groups is 2. The molecule has 2 aromatic carbocycles. The van der Waals surface area contributed by atoms with Gasteiger partial charge in [0, 0.05) is 12.7 Å². The lowest BCUT2D eigenvalue weighted by molar-refractivity contribution is -0.115. The van der Waals surface area contributed by atoms with Crippen LogP contribution in [0.15, 0.2) is 47.4 Å². The molecule has 1 atom stereocenters. The molecule has 0 aliphatic heterocycles. The zero-order valence-corrected chi connectivity index (χ0v) is 15.5. The summed E-state index contributed by atoms with van der Waals surface area (Å²) in [4.78, 5) is 23.9. The largest absolute Gasteiger partial charge is 0.355 e. The van der Waals surface area contributed by atoms with Gasteiger partial charge in [-0.05, 0) is 49.4 Å². The molecule has 6 nitrogen and oxygen atoms in total. The van der Waals surface area contributed by atoms with Crippen LogP contribution in [0.1, 0.15) is 17.3 Å². The molecule has 0 aromatic heterocycles. The van der Waals surface area contributed by atoms with Gasteiger partial charge in [-0.25, -0.2) is 12.8 Å². The maximum Gasteiger partial charge on any atom is 0.252 e. The Morgan fingerprint density at radius 1 is 1.12 bits per heavy atom. The van der Waals surface area contributed by atoms with Gasteiger partial charge < -0.3 is 10.6 Å². The van der Waals surface area contributed by atoms with Crippen molar-refractivity contribution in [2.24, 2.45) is 0 Å². The molecule has 138 valence electrons. The van der Waals surface area contributed by atoms with Crippen LogP contribution >= 0.6 is 11.6 Å². The molecule has 0 heterocycles. The first-order valence-electron chi connectivity index (χ1n) is 7.48. The Kier molecular flexibility index (Phi) is 5.99. The SMILES string of the molecule is CNC(=O)c1cc(NC(=O)C(C)S(=O)(=O)c2ccc(F)cc2)ccc1Cl. The predicted octanol–water partition coefficient (Wildman–Crippen LogP) is 2.64. The standard InChI is InChI=1S/C17H16ClFN2O4S/c1-10(26(24,25)13-6-3-11(19)4-7-13)16(22)21-12-5-8-15(18)14(9-12)17(23)20-2/h3-10H,1-2H3,(H,20,23)(H,21,22). The van der Waals surface area contributed by atoms with Crippen molar-refractivity contribution >= 4 is 38.9 Å². The van der Waals surface area contributed by atoms with E-state index < -0.39 is 32.7 Å². The van der Waals surface area contributed by atoms with Crippen LogP contribution in [0.5, 0.6) is 0 Å². The van der Waals surface area contributed by atoms with E-state index in [-0.39, 0.29) is 21.2 Å². The van der Waals surface area contributed by atoms with E-state index in [1.54, 1.807) is 0 Å². The lowest BCUT2D eigenvalue weighted by atomic mass is 10.2. The number of amides is 2. The molecule has 2 aromatic rings. The number of rotatable bonds is 5. The first kappa shape index (κ1) is 19.9. The van der Waals surface area contributed by atoms with Gasteiger partial charge in [-0.2, -0.15) is 0 Å². The number of hydrogen-bond donors (Lipinski definition) is 2. The highest BCUT2D eigenvalue weighted by Gasteiger charge is 2.30. The molecule has 1 unspecified atom stereocenters. The monoisotopic (exact) mass is 398 g/mol. The zero-order chi connectivity index (χ0) is 19.5. The van der Waals surface area contributed by atoms with Gasteiger partial charge in [0.15, 0.2) is 9.84 Å². The molecular weight excluding hydrogens is 383 g/mol. The normalized spacial score (nSPS) is 12.3. The van der Waals surface area contributed by atoms with Crippen molar-refractivity contribution in [2.75, 3.05) is 12.4 Å². The van der Waals surface area contributed by atoms with Gasteiger partial charge in [-0.15, -0.1) is 0 Å². The maximum atomic E-state index is 13.0. The summed E-state index contributed by atoms with van der Waals surface area (Å²) < 4.78 is 37.9. The highest BCUT2D eigenvalue weighted by molar-refractivity contribution is 7.92. The topological polar surface area (TPSA) is 92.3 Å². The molecule has 0 saturated heterocycles. The fourth-order valence-corrected chi connectivity index (χ4v) is 3.59. The summed E-state index contributed by atoms with van der Waals surface area (Å²) in [7, 11) is -2.57. The fraction of sp³-hybridized carbons (Fsp3) is 0.176. The number of nitrogens with one attached hydrogen (secondary N) is 2. The van der Waals surface area contributed by atoms with Gasteiger partial charge in [0.05, 0.1) is 15.5 Å². The number of carbonyl (C=O) groups excluding carboxylic acids is 2.